The second-order valence-electron chi connectivity index (χ2n) is 2.55. The fourth-order valence-corrected chi connectivity index (χ4v) is 2.13. The Labute approximate surface area is 111 Å². The maximum Gasteiger partial charge on any atom is 0.401 e. The highest BCUT2D eigenvalue weighted by Gasteiger charge is 2.14. The number of halogens is 3. The molecule has 17 heavy (non-hydrogen) atoms. The van der Waals surface area contributed by atoms with E-state index in [1.165, 1.54) is 0 Å². The molecule has 0 aliphatic heterocycles. The summed E-state index contributed by atoms with van der Waals surface area (Å²) >= 11 is 5.59. The highest BCUT2D eigenvalue weighted by atomic mass is 35.7. The molecule has 0 aromatic heterocycles. The van der Waals surface area contributed by atoms with Crippen LogP contribution in [0.3, 0.4) is 0 Å². The van der Waals surface area contributed by atoms with E-state index in [-0.39, 0.29) is 16.5 Å². The van der Waals surface area contributed by atoms with Gasteiger partial charge in [0.25, 0.3) is 0 Å². The molecule has 11 heteroatoms. The summed E-state index contributed by atoms with van der Waals surface area (Å²) in [5.74, 6) is -0.667. The van der Waals surface area contributed by atoms with Gasteiger partial charge in [0.1, 0.15) is 5.75 Å². The molecule has 0 spiro atoms. The lowest BCUT2D eigenvalue weighted by molar-refractivity contribution is 0.493. The summed E-state index contributed by atoms with van der Waals surface area (Å²) in [7, 11) is 1.09. The molecular weight excluding hydrogens is 339 g/mol. The third-order valence-corrected chi connectivity index (χ3v) is 2.75. The van der Waals surface area contributed by atoms with E-state index < -0.39 is 18.7 Å². The van der Waals surface area contributed by atoms with E-state index in [1.54, 1.807) is 0 Å². The second-order valence-corrected chi connectivity index (χ2v) is 7.13. The van der Waals surface area contributed by atoms with Crippen molar-refractivity contribution in [3.8, 4) is 11.5 Å². The Morgan fingerprint density at radius 3 is 1.94 bits per heavy atom. The lowest BCUT2D eigenvalue weighted by Gasteiger charge is -2.06. The summed E-state index contributed by atoms with van der Waals surface area (Å²) in [6.45, 7) is 0. The molecule has 0 heterocycles. The molecule has 0 unspecified atom stereocenters. The molecule has 6 nitrogen and oxygen atoms in total. The zero-order valence-electron chi connectivity index (χ0n) is 7.63. The molecule has 0 atom stereocenters. The zero-order chi connectivity index (χ0) is 13.3. The first-order valence-electron chi connectivity index (χ1n) is 3.64. The fraction of sp³-hybridized carbons (Fsp3) is 0. The Morgan fingerprint density at radius 2 is 1.47 bits per heavy atom. The van der Waals surface area contributed by atoms with Crippen LogP contribution in [-0.2, 0) is 18.7 Å². The lowest BCUT2D eigenvalue weighted by Crippen LogP contribution is -2.03. The Bertz CT molecular complexity index is 623. The summed E-state index contributed by atoms with van der Waals surface area (Å²) in [4.78, 5) is 0. The predicted octanol–water partition coefficient (Wildman–Crippen LogP) is 2.06. The molecule has 0 fully saturated rings. The van der Waals surface area contributed by atoms with Gasteiger partial charge >= 0.3 is 18.7 Å². The number of hydrogen-bond donors (Lipinski definition) is 0. The van der Waals surface area contributed by atoms with Crippen LogP contribution in [0.2, 0.25) is 5.02 Å². The normalized spacial score (nSPS) is 12.2. The second kappa shape index (κ2) is 5.07. The van der Waals surface area contributed by atoms with Crippen molar-refractivity contribution >= 4 is 51.6 Å². The van der Waals surface area contributed by atoms with E-state index in [4.69, 9.17) is 33.0 Å². The standard InChI is InChI=1S/C6H3Cl3O6S2/c7-5-2-1-4(14-16(8,10)11)3-6(5)15-17(9,12)13/h1-3H. The molecule has 0 saturated carbocycles. The van der Waals surface area contributed by atoms with Crippen molar-refractivity contribution in [3.63, 3.8) is 0 Å². The quantitative estimate of drug-likeness (QED) is 0.779. The van der Waals surface area contributed by atoms with Crippen molar-refractivity contribution in [2.45, 2.75) is 0 Å². The van der Waals surface area contributed by atoms with Crippen molar-refractivity contribution in [1.82, 2.24) is 0 Å². The van der Waals surface area contributed by atoms with E-state index in [0.717, 1.165) is 18.2 Å². The molecule has 0 radical (unpaired) electrons. The average Bonchev–Trinajstić information content (AvgIpc) is 2.05. The molecule has 0 aliphatic rings. The monoisotopic (exact) mass is 340 g/mol. The van der Waals surface area contributed by atoms with Crippen LogP contribution in [0.15, 0.2) is 18.2 Å². The smallest absolute Gasteiger partial charge is 0.371 e. The zero-order valence-corrected chi connectivity index (χ0v) is 11.5. The minimum absolute atomic E-state index is 0.103. The van der Waals surface area contributed by atoms with Crippen LogP contribution in [0.4, 0.5) is 0 Å². The van der Waals surface area contributed by atoms with Crippen molar-refractivity contribution in [2.75, 3.05) is 0 Å². The predicted molar refractivity (Wildman–Crippen MR) is 62.3 cm³/mol. The molecule has 0 saturated heterocycles. The molecule has 0 N–H and O–H groups in total. The molecule has 0 amide bonds. The third kappa shape index (κ3) is 5.64. The Balaban J connectivity index is 3.11. The van der Waals surface area contributed by atoms with Crippen molar-refractivity contribution < 1.29 is 25.2 Å². The van der Waals surface area contributed by atoms with Gasteiger partial charge in [0.05, 0.1) is 26.4 Å². The minimum atomic E-state index is -4.31. The van der Waals surface area contributed by atoms with Gasteiger partial charge in [0.2, 0.25) is 0 Å². The first kappa shape index (κ1) is 14.7. The van der Waals surface area contributed by atoms with Gasteiger partial charge in [0, 0.05) is 6.07 Å². The van der Waals surface area contributed by atoms with Gasteiger partial charge in [-0.25, -0.2) is 0 Å². The van der Waals surface area contributed by atoms with Gasteiger partial charge < -0.3 is 8.37 Å². The average molecular weight is 342 g/mol. The maximum atomic E-state index is 10.6. The van der Waals surface area contributed by atoms with Gasteiger partial charge in [-0.15, -0.1) is 0 Å². The first-order chi connectivity index (χ1) is 7.57. The molecule has 0 bridgehead atoms. The number of benzene rings is 1. The van der Waals surface area contributed by atoms with Crippen molar-refractivity contribution in [2.24, 2.45) is 0 Å². The van der Waals surface area contributed by atoms with Crippen LogP contribution in [0.1, 0.15) is 0 Å². The topological polar surface area (TPSA) is 86.7 Å². The SMILES string of the molecule is O=S(=O)(Cl)Oc1ccc(Cl)c(OS(=O)(=O)Cl)c1. The number of hydrogen-bond acceptors (Lipinski definition) is 6. The van der Waals surface area contributed by atoms with Crippen molar-refractivity contribution in [1.29, 1.82) is 0 Å². The largest absolute Gasteiger partial charge is 0.401 e. The van der Waals surface area contributed by atoms with Gasteiger partial charge in [-0.05, 0) is 12.1 Å². The van der Waals surface area contributed by atoms with E-state index in [9.17, 15) is 16.8 Å². The van der Waals surface area contributed by atoms with Gasteiger partial charge in [-0.1, -0.05) is 11.6 Å². The first-order valence-corrected chi connectivity index (χ1v) is 8.49. The highest BCUT2D eigenvalue weighted by molar-refractivity contribution is 8.10. The molecule has 1 aromatic carbocycles. The van der Waals surface area contributed by atoms with Gasteiger partial charge in [-0.2, -0.15) is 16.8 Å². The van der Waals surface area contributed by atoms with Gasteiger partial charge in [0.15, 0.2) is 5.75 Å². The summed E-state index contributed by atoms with van der Waals surface area (Å²) in [5, 5.41) is -0.103. The number of rotatable bonds is 4. The Kier molecular flexibility index (Phi) is 4.37. The van der Waals surface area contributed by atoms with Crippen LogP contribution in [0.25, 0.3) is 0 Å². The highest BCUT2D eigenvalue weighted by Crippen LogP contribution is 2.31. The maximum absolute atomic E-state index is 10.6. The minimum Gasteiger partial charge on any atom is -0.371 e. The molecule has 96 valence electrons. The van der Waals surface area contributed by atoms with E-state index in [2.05, 4.69) is 8.37 Å². The Morgan fingerprint density at radius 1 is 0.941 bits per heavy atom. The van der Waals surface area contributed by atoms with Crippen LogP contribution >= 0.6 is 33.0 Å². The third-order valence-electron chi connectivity index (χ3n) is 1.29. The lowest BCUT2D eigenvalue weighted by atomic mass is 10.3. The van der Waals surface area contributed by atoms with E-state index in [0.29, 0.717) is 0 Å². The Hall–Kier alpha value is -0.410. The van der Waals surface area contributed by atoms with E-state index in [1.807, 2.05) is 0 Å². The summed E-state index contributed by atoms with van der Waals surface area (Å²) in [6.07, 6.45) is 0. The van der Waals surface area contributed by atoms with Crippen molar-refractivity contribution in [3.05, 3.63) is 23.2 Å². The summed E-state index contributed by atoms with van der Waals surface area (Å²) < 4.78 is 51.1. The van der Waals surface area contributed by atoms with E-state index >= 15 is 0 Å². The van der Waals surface area contributed by atoms with Crippen LogP contribution < -0.4 is 8.37 Å². The molecular formula is C6H3Cl3O6S2. The van der Waals surface area contributed by atoms with Gasteiger partial charge in [-0.3, -0.25) is 0 Å². The van der Waals surface area contributed by atoms with Crippen LogP contribution in [-0.4, -0.2) is 16.8 Å². The molecule has 1 aromatic rings. The molecule has 1 rings (SSSR count). The summed E-state index contributed by atoms with van der Waals surface area (Å²) in [5.41, 5.74) is 0. The van der Waals surface area contributed by atoms with Crippen LogP contribution in [0, 0.1) is 0 Å². The van der Waals surface area contributed by atoms with Crippen LogP contribution in [0.5, 0.6) is 11.5 Å². The molecule has 0 aliphatic carbocycles. The fourth-order valence-electron chi connectivity index (χ4n) is 0.822. The summed E-state index contributed by atoms with van der Waals surface area (Å²) in [6, 6.07) is 3.20.